The average Bonchev–Trinajstić information content (AvgIpc) is 3.23. The lowest BCUT2D eigenvalue weighted by Crippen LogP contribution is -2.51. The van der Waals surface area contributed by atoms with Crippen molar-refractivity contribution in [2.45, 2.75) is 71.8 Å². The molecule has 0 aliphatic heterocycles. The Kier molecular flexibility index (Phi) is 4.29. The van der Waals surface area contributed by atoms with Crippen molar-refractivity contribution in [3.8, 4) is 0 Å². The van der Waals surface area contributed by atoms with Crippen molar-refractivity contribution >= 4 is 17.4 Å². The number of halogens is 1. The molecule has 0 bridgehead atoms. The van der Waals surface area contributed by atoms with Crippen molar-refractivity contribution in [2.24, 2.45) is 58.7 Å². The van der Waals surface area contributed by atoms with Crippen LogP contribution in [0, 0.1) is 58.7 Å². The van der Waals surface area contributed by atoms with E-state index in [0.717, 1.165) is 41.4 Å². The van der Waals surface area contributed by atoms with Crippen LogP contribution in [0.5, 0.6) is 0 Å². The monoisotopic (exact) mass is 414 g/mol. The number of fused-ring (bicyclic) bond motifs is 7. The lowest BCUT2D eigenvalue weighted by Gasteiger charge is -2.57. The van der Waals surface area contributed by atoms with Gasteiger partial charge in [0.15, 0.2) is 5.78 Å². The molecule has 158 valence electrons. The van der Waals surface area contributed by atoms with E-state index >= 15 is 0 Å². The minimum Gasteiger partial charge on any atom is -0.297 e. The van der Waals surface area contributed by atoms with Crippen molar-refractivity contribution in [1.29, 1.82) is 0 Å². The lowest BCUT2D eigenvalue weighted by atomic mass is 9.48. The highest BCUT2D eigenvalue weighted by molar-refractivity contribution is 6.30. The van der Waals surface area contributed by atoms with Gasteiger partial charge in [-0.3, -0.25) is 9.48 Å². The summed E-state index contributed by atoms with van der Waals surface area (Å²) in [6.07, 6.45) is 14.7. The Labute approximate surface area is 180 Å². The van der Waals surface area contributed by atoms with Crippen molar-refractivity contribution in [3.05, 3.63) is 17.4 Å². The smallest absolute Gasteiger partial charge is 0.158 e. The Balaban J connectivity index is 1.24. The molecule has 0 N–H and O–H groups in total. The van der Waals surface area contributed by atoms with Crippen LogP contribution in [0.4, 0.5) is 0 Å². The molecule has 5 saturated carbocycles. The Morgan fingerprint density at radius 2 is 1.93 bits per heavy atom. The summed E-state index contributed by atoms with van der Waals surface area (Å²) in [4.78, 5) is 13.4. The van der Waals surface area contributed by atoms with Gasteiger partial charge >= 0.3 is 0 Å². The summed E-state index contributed by atoms with van der Waals surface area (Å²) in [7, 11) is 0. The van der Waals surface area contributed by atoms with Crippen molar-refractivity contribution < 1.29 is 4.79 Å². The van der Waals surface area contributed by atoms with Gasteiger partial charge in [0.2, 0.25) is 0 Å². The molecule has 5 fully saturated rings. The van der Waals surface area contributed by atoms with E-state index in [0.29, 0.717) is 23.3 Å². The van der Waals surface area contributed by atoms with Crippen molar-refractivity contribution in [2.75, 3.05) is 0 Å². The number of carbonyl (C=O) groups excluding carboxylic acids is 1. The Morgan fingerprint density at radius 3 is 2.72 bits per heavy atom. The Morgan fingerprint density at radius 1 is 1.10 bits per heavy atom. The molecule has 29 heavy (non-hydrogen) atoms. The third-order valence-corrected chi connectivity index (χ3v) is 10.5. The minimum atomic E-state index is 0.234. The van der Waals surface area contributed by atoms with E-state index in [1.165, 1.54) is 51.4 Å². The zero-order chi connectivity index (χ0) is 19.9. The number of ketones is 1. The molecule has 1 heterocycles. The van der Waals surface area contributed by atoms with E-state index < -0.39 is 0 Å². The number of rotatable bonds is 3. The summed E-state index contributed by atoms with van der Waals surface area (Å²) in [5.41, 5.74) is 0.234. The van der Waals surface area contributed by atoms with Gasteiger partial charge in [0.05, 0.1) is 17.8 Å². The molecular weight excluding hydrogens is 380 g/mol. The molecule has 0 spiro atoms. The van der Waals surface area contributed by atoms with Crippen LogP contribution in [-0.2, 0) is 11.3 Å². The first kappa shape index (κ1) is 18.9. The zero-order valence-corrected chi connectivity index (χ0v) is 18.7. The molecule has 1 aromatic rings. The van der Waals surface area contributed by atoms with Gasteiger partial charge in [0.1, 0.15) is 0 Å². The standard InChI is InChI=1S/C25H35ClN2O/c1-14-3-5-17-15(9-14)4-6-19-18(17)7-8-25(2)23(19)20-10-21(20)24(25)22(29)13-28-12-16(26)11-27-28/h11-12,14-15,17-21,23-24H,3-10,13H2,1-2H3/t14-,15+,17-,18+,19+,20+,21-,23?,24+,25-/m0/s1. The first-order valence-corrected chi connectivity index (χ1v) is 12.5. The lowest BCUT2D eigenvalue weighted by molar-refractivity contribution is -0.134. The van der Waals surface area contributed by atoms with Crippen LogP contribution in [0.25, 0.3) is 0 Å². The molecule has 3 nitrogen and oxygen atoms in total. The second kappa shape index (κ2) is 6.58. The quantitative estimate of drug-likeness (QED) is 0.620. The van der Waals surface area contributed by atoms with Gasteiger partial charge in [0.25, 0.3) is 0 Å². The van der Waals surface area contributed by atoms with E-state index in [4.69, 9.17) is 11.6 Å². The highest BCUT2D eigenvalue weighted by Crippen LogP contribution is 2.74. The van der Waals surface area contributed by atoms with Crippen LogP contribution in [-0.4, -0.2) is 15.6 Å². The van der Waals surface area contributed by atoms with Crippen LogP contribution < -0.4 is 0 Å². The van der Waals surface area contributed by atoms with E-state index in [1.54, 1.807) is 17.1 Å². The fourth-order valence-corrected chi connectivity index (χ4v) is 9.50. The molecule has 1 aromatic heterocycles. The van der Waals surface area contributed by atoms with Gasteiger partial charge in [-0.05, 0) is 97.7 Å². The Bertz CT molecular complexity index is 820. The van der Waals surface area contributed by atoms with Gasteiger partial charge in [-0.15, -0.1) is 0 Å². The van der Waals surface area contributed by atoms with E-state index in [1.807, 2.05) is 0 Å². The summed E-state index contributed by atoms with van der Waals surface area (Å²) in [5.74, 6) is 7.77. The number of carbonyl (C=O) groups is 1. The molecule has 0 radical (unpaired) electrons. The Hall–Kier alpha value is -0.830. The number of hydrogen-bond acceptors (Lipinski definition) is 2. The average molecular weight is 415 g/mol. The topological polar surface area (TPSA) is 34.9 Å². The summed E-state index contributed by atoms with van der Waals surface area (Å²) < 4.78 is 1.75. The molecule has 10 atom stereocenters. The number of hydrogen-bond donors (Lipinski definition) is 0. The van der Waals surface area contributed by atoms with E-state index in [-0.39, 0.29) is 11.3 Å². The van der Waals surface area contributed by atoms with Gasteiger partial charge < -0.3 is 0 Å². The molecule has 6 rings (SSSR count). The van der Waals surface area contributed by atoms with E-state index in [9.17, 15) is 4.79 Å². The normalized spacial score (nSPS) is 50.2. The minimum absolute atomic E-state index is 0.234. The molecule has 5 aliphatic carbocycles. The number of Topliss-reactive ketones (excluding diaryl/α,β-unsaturated/α-hetero) is 1. The maximum atomic E-state index is 13.4. The second-order valence-corrected chi connectivity index (χ2v) is 12.1. The summed E-state index contributed by atoms with van der Waals surface area (Å²) in [6, 6.07) is 0. The maximum absolute atomic E-state index is 13.4. The molecule has 0 aromatic carbocycles. The number of aromatic nitrogens is 2. The predicted molar refractivity (Wildman–Crippen MR) is 114 cm³/mol. The van der Waals surface area contributed by atoms with Crippen LogP contribution in [0.3, 0.4) is 0 Å². The third-order valence-electron chi connectivity index (χ3n) is 10.3. The molecule has 0 saturated heterocycles. The summed E-state index contributed by atoms with van der Waals surface area (Å²) in [5, 5.41) is 4.90. The van der Waals surface area contributed by atoms with Gasteiger partial charge in [0, 0.05) is 12.1 Å². The fraction of sp³-hybridized carbons (Fsp3) is 0.840. The highest BCUT2D eigenvalue weighted by Gasteiger charge is 2.70. The van der Waals surface area contributed by atoms with E-state index in [2.05, 4.69) is 18.9 Å². The third kappa shape index (κ3) is 2.82. The molecule has 0 amide bonds. The van der Waals surface area contributed by atoms with Gasteiger partial charge in [-0.1, -0.05) is 31.9 Å². The van der Waals surface area contributed by atoms with Gasteiger partial charge in [-0.25, -0.2) is 0 Å². The predicted octanol–water partition coefficient (Wildman–Crippen LogP) is 5.87. The largest absolute Gasteiger partial charge is 0.297 e. The zero-order valence-electron chi connectivity index (χ0n) is 17.9. The maximum Gasteiger partial charge on any atom is 0.158 e. The van der Waals surface area contributed by atoms with Crippen molar-refractivity contribution in [1.82, 2.24) is 9.78 Å². The molecule has 1 unspecified atom stereocenters. The van der Waals surface area contributed by atoms with Crippen LogP contribution in [0.15, 0.2) is 12.4 Å². The SMILES string of the molecule is C[C@H]1CC[C@H]2[C@H](CC[C@H]3C4[C@@H]5C[C@@H]5[C@H](C(=O)Cn5cc(Cl)cn5)[C@@]4(C)CC[C@H]23)C1. The molecule has 4 heteroatoms. The summed E-state index contributed by atoms with van der Waals surface area (Å²) in [6.45, 7) is 5.36. The molecular formula is C25H35ClN2O. The fourth-order valence-electron chi connectivity index (χ4n) is 9.34. The number of nitrogens with zero attached hydrogens (tertiary/aromatic N) is 2. The van der Waals surface area contributed by atoms with Gasteiger partial charge in [-0.2, -0.15) is 5.10 Å². The second-order valence-electron chi connectivity index (χ2n) is 11.7. The summed E-state index contributed by atoms with van der Waals surface area (Å²) >= 11 is 6.03. The van der Waals surface area contributed by atoms with Crippen LogP contribution in [0.2, 0.25) is 5.02 Å². The van der Waals surface area contributed by atoms with Crippen LogP contribution in [0.1, 0.15) is 65.2 Å². The first-order chi connectivity index (χ1) is 14.0. The molecule has 5 aliphatic rings. The van der Waals surface area contributed by atoms with Crippen molar-refractivity contribution in [3.63, 3.8) is 0 Å². The first-order valence-electron chi connectivity index (χ1n) is 12.2. The van der Waals surface area contributed by atoms with Crippen LogP contribution >= 0.6 is 11.6 Å². The highest BCUT2D eigenvalue weighted by atomic mass is 35.5.